The average Bonchev–Trinajstić information content (AvgIpc) is 2.52. The predicted molar refractivity (Wildman–Crippen MR) is 88.7 cm³/mol. The monoisotopic (exact) mass is 261 g/mol. The molecule has 0 radical (unpaired) electrons. The standard InChI is InChI=1S/C19H19N/c1-3-16(2)19(20-18-12-8-5-9-13-18)15-14-17-10-6-4-7-11-17/h3-15,19-20H,1-2H2/b15-14+. The molecule has 0 saturated carbocycles. The largest absolute Gasteiger partial charge is 0.375 e. The molecule has 0 aliphatic heterocycles. The van der Waals surface area contributed by atoms with Gasteiger partial charge in [0.05, 0.1) is 6.04 Å². The molecule has 0 saturated heterocycles. The van der Waals surface area contributed by atoms with Crippen LogP contribution in [0.25, 0.3) is 6.08 Å². The van der Waals surface area contributed by atoms with Crippen LogP contribution >= 0.6 is 0 Å². The Bertz CT molecular complexity index is 582. The van der Waals surface area contributed by atoms with Crippen molar-refractivity contribution in [3.63, 3.8) is 0 Å². The molecule has 1 nitrogen and oxygen atoms in total. The zero-order valence-electron chi connectivity index (χ0n) is 11.5. The molecule has 1 N–H and O–H groups in total. The first-order valence-corrected chi connectivity index (χ1v) is 6.65. The first kappa shape index (κ1) is 13.9. The molecule has 0 fully saturated rings. The fourth-order valence-corrected chi connectivity index (χ4v) is 1.88. The third kappa shape index (κ3) is 3.99. The molecule has 2 rings (SSSR count). The molecule has 0 bridgehead atoms. The lowest BCUT2D eigenvalue weighted by atomic mass is 10.1. The highest BCUT2D eigenvalue weighted by Crippen LogP contribution is 2.14. The van der Waals surface area contributed by atoms with Gasteiger partial charge >= 0.3 is 0 Å². The zero-order chi connectivity index (χ0) is 14.2. The van der Waals surface area contributed by atoms with Gasteiger partial charge in [-0.3, -0.25) is 0 Å². The summed E-state index contributed by atoms with van der Waals surface area (Å²) in [4.78, 5) is 0. The lowest BCUT2D eigenvalue weighted by Gasteiger charge is -2.17. The molecule has 0 spiro atoms. The van der Waals surface area contributed by atoms with Crippen LogP contribution in [0, 0.1) is 0 Å². The number of hydrogen-bond donors (Lipinski definition) is 1. The van der Waals surface area contributed by atoms with Gasteiger partial charge in [-0.05, 0) is 23.3 Å². The Morgan fingerprint density at radius 1 is 0.950 bits per heavy atom. The Hall–Kier alpha value is -2.54. The van der Waals surface area contributed by atoms with E-state index in [1.807, 2.05) is 48.5 Å². The van der Waals surface area contributed by atoms with Gasteiger partial charge in [-0.2, -0.15) is 0 Å². The smallest absolute Gasteiger partial charge is 0.0695 e. The highest BCUT2D eigenvalue weighted by Gasteiger charge is 2.05. The highest BCUT2D eigenvalue weighted by molar-refractivity contribution is 5.55. The van der Waals surface area contributed by atoms with E-state index in [0.29, 0.717) is 0 Å². The van der Waals surface area contributed by atoms with Crippen LogP contribution in [0.4, 0.5) is 5.69 Å². The molecular weight excluding hydrogens is 242 g/mol. The molecule has 0 heterocycles. The van der Waals surface area contributed by atoms with E-state index >= 15 is 0 Å². The lowest BCUT2D eigenvalue weighted by molar-refractivity contribution is 1.07. The highest BCUT2D eigenvalue weighted by atomic mass is 14.9. The molecule has 0 aliphatic rings. The van der Waals surface area contributed by atoms with Crippen molar-refractivity contribution < 1.29 is 0 Å². The third-order valence-corrected chi connectivity index (χ3v) is 3.04. The van der Waals surface area contributed by atoms with Crippen molar-refractivity contribution in [2.75, 3.05) is 5.32 Å². The molecule has 0 amide bonds. The molecule has 0 aliphatic carbocycles. The molecule has 1 heteroatoms. The minimum absolute atomic E-state index is 0.0371. The molecular formula is C19H19N. The number of anilines is 1. The van der Waals surface area contributed by atoms with E-state index in [4.69, 9.17) is 0 Å². The summed E-state index contributed by atoms with van der Waals surface area (Å²) in [6, 6.07) is 20.4. The maximum absolute atomic E-state index is 4.05. The van der Waals surface area contributed by atoms with Gasteiger partial charge in [0.1, 0.15) is 0 Å². The number of benzene rings is 2. The van der Waals surface area contributed by atoms with Crippen LogP contribution in [0.3, 0.4) is 0 Å². The number of hydrogen-bond acceptors (Lipinski definition) is 1. The maximum Gasteiger partial charge on any atom is 0.0695 e. The van der Waals surface area contributed by atoms with Gasteiger partial charge in [0.2, 0.25) is 0 Å². The number of rotatable bonds is 6. The quantitative estimate of drug-likeness (QED) is 0.727. The topological polar surface area (TPSA) is 12.0 Å². The summed E-state index contributed by atoms with van der Waals surface area (Å²) in [5, 5.41) is 3.44. The zero-order valence-corrected chi connectivity index (χ0v) is 11.5. The summed E-state index contributed by atoms with van der Waals surface area (Å²) >= 11 is 0. The van der Waals surface area contributed by atoms with Crippen LogP contribution in [0.5, 0.6) is 0 Å². The van der Waals surface area contributed by atoms with Crippen LogP contribution < -0.4 is 5.32 Å². The molecule has 100 valence electrons. The summed E-state index contributed by atoms with van der Waals surface area (Å²) in [6.07, 6.45) is 5.98. The minimum atomic E-state index is 0.0371. The molecule has 1 unspecified atom stereocenters. The SMILES string of the molecule is C=CC(=C)C(/C=C/c1ccccc1)Nc1ccccc1. The fourth-order valence-electron chi connectivity index (χ4n) is 1.88. The van der Waals surface area contributed by atoms with E-state index in [1.165, 1.54) is 5.56 Å². The van der Waals surface area contributed by atoms with Crippen molar-refractivity contribution in [3.05, 3.63) is 97.1 Å². The van der Waals surface area contributed by atoms with E-state index in [2.05, 4.69) is 42.8 Å². The van der Waals surface area contributed by atoms with Crippen LogP contribution in [0.15, 0.2) is 91.5 Å². The van der Waals surface area contributed by atoms with E-state index in [0.717, 1.165) is 11.3 Å². The lowest BCUT2D eigenvalue weighted by Crippen LogP contribution is -2.17. The van der Waals surface area contributed by atoms with E-state index in [1.54, 1.807) is 6.08 Å². The van der Waals surface area contributed by atoms with Crippen molar-refractivity contribution >= 4 is 11.8 Å². The second-order valence-electron chi connectivity index (χ2n) is 4.54. The number of para-hydroxylation sites is 1. The summed E-state index contributed by atoms with van der Waals surface area (Å²) in [7, 11) is 0. The second-order valence-corrected chi connectivity index (χ2v) is 4.54. The Balaban J connectivity index is 2.14. The van der Waals surface area contributed by atoms with E-state index in [9.17, 15) is 0 Å². The van der Waals surface area contributed by atoms with Crippen LogP contribution in [0.2, 0.25) is 0 Å². The molecule has 2 aromatic rings. The van der Waals surface area contributed by atoms with E-state index < -0.39 is 0 Å². The Kier molecular flexibility index (Phi) is 4.96. The van der Waals surface area contributed by atoms with Crippen molar-refractivity contribution in [2.45, 2.75) is 6.04 Å². The van der Waals surface area contributed by atoms with Gasteiger partial charge in [0, 0.05) is 5.69 Å². The Labute approximate surface area is 121 Å². The van der Waals surface area contributed by atoms with Gasteiger partial charge < -0.3 is 5.32 Å². The van der Waals surface area contributed by atoms with Crippen molar-refractivity contribution in [1.29, 1.82) is 0 Å². The maximum atomic E-state index is 4.05. The minimum Gasteiger partial charge on any atom is -0.375 e. The Morgan fingerprint density at radius 2 is 1.55 bits per heavy atom. The first-order chi connectivity index (χ1) is 9.79. The Morgan fingerprint density at radius 3 is 2.15 bits per heavy atom. The van der Waals surface area contributed by atoms with Crippen LogP contribution in [-0.4, -0.2) is 6.04 Å². The van der Waals surface area contributed by atoms with Gasteiger partial charge in [-0.25, -0.2) is 0 Å². The summed E-state index contributed by atoms with van der Waals surface area (Å²) in [6.45, 7) is 7.85. The normalized spacial score (nSPS) is 12.0. The molecule has 20 heavy (non-hydrogen) atoms. The number of nitrogens with one attached hydrogen (secondary N) is 1. The van der Waals surface area contributed by atoms with Gasteiger partial charge in [-0.15, -0.1) is 0 Å². The summed E-state index contributed by atoms with van der Waals surface area (Å²) in [5.41, 5.74) is 3.18. The van der Waals surface area contributed by atoms with Crippen molar-refractivity contribution in [1.82, 2.24) is 0 Å². The second kappa shape index (κ2) is 7.15. The van der Waals surface area contributed by atoms with Crippen LogP contribution in [-0.2, 0) is 0 Å². The van der Waals surface area contributed by atoms with E-state index in [-0.39, 0.29) is 6.04 Å². The van der Waals surface area contributed by atoms with Crippen molar-refractivity contribution in [3.8, 4) is 0 Å². The first-order valence-electron chi connectivity index (χ1n) is 6.65. The van der Waals surface area contributed by atoms with Gasteiger partial charge in [0.15, 0.2) is 0 Å². The van der Waals surface area contributed by atoms with Crippen molar-refractivity contribution in [2.24, 2.45) is 0 Å². The predicted octanol–water partition coefficient (Wildman–Crippen LogP) is 4.92. The average molecular weight is 261 g/mol. The van der Waals surface area contributed by atoms with Gasteiger partial charge in [-0.1, -0.05) is 79.9 Å². The molecule has 1 atom stereocenters. The summed E-state index contributed by atoms with van der Waals surface area (Å²) in [5.74, 6) is 0. The molecule has 0 aromatic heterocycles. The summed E-state index contributed by atoms with van der Waals surface area (Å²) < 4.78 is 0. The fraction of sp³-hybridized carbons (Fsp3) is 0.0526. The van der Waals surface area contributed by atoms with Gasteiger partial charge in [0.25, 0.3) is 0 Å². The molecule has 2 aromatic carbocycles. The third-order valence-electron chi connectivity index (χ3n) is 3.04. The van der Waals surface area contributed by atoms with Crippen LogP contribution in [0.1, 0.15) is 5.56 Å².